The molecule has 0 aliphatic carbocycles. The van der Waals surface area contributed by atoms with Gasteiger partial charge in [0, 0.05) is 15.8 Å². The summed E-state index contributed by atoms with van der Waals surface area (Å²) in [6.45, 7) is 3.77. The number of anilines is 1. The summed E-state index contributed by atoms with van der Waals surface area (Å²) in [5.74, 6) is 0.296. The number of aromatic nitrogens is 2. The largest absolute Gasteiger partial charge is 0.325 e. The van der Waals surface area contributed by atoms with Crippen molar-refractivity contribution in [3.63, 3.8) is 0 Å². The Morgan fingerprint density at radius 1 is 1.19 bits per heavy atom. The van der Waals surface area contributed by atoms with E-state index in [0.717, 1.165) is 27.8 Å². The van der Waals surface area contributed by atoms with E-state index in [1.54, 1.807) is 6.92 Å². The Kier molecular flexibility index (Phi) is 4.49. The molecule has 0 atom stereocenters. The molecule has 2 aromatic heterocycles. The normalized spacial score (nSPS) is 11.2. The van der Waals surface area contributed by atoms with Gasteiger partial charge in [-0.25, -0.2) is 4.98 Å². The van der Waals surface area contributed by atoms with Crippen LogP contribution in [-0.4, -0.2) is 15.5 Å². The van der Waals surface area contributed by atoms with Gasteiger partial charge in [-0.15, -0.1) is 11.3 Å². The Morgan fingerprint density at radius 3 is 2.81 bits per heavy atom. The van der Waals surface area contributed by atoms with Crippen LogP contribution in [0, 0.1) is 6.92 Å². The van der Waals surface area contributed by atoms with Crippen LogP contribution < -0.4 is 10.9 Å². The number of carbonyl (C=O) groups excluding carboxylic acids is 1. The molecular weight excluding hydrogens is 358 g/mol. The number of hydrogen-bond donors (Lipinski definition) is 1. The second-order valence-electron chi connectivity index (χ2n) is 6.43. The molecule has 0 saturated carbocycles. The van der Waals surface area contributed by atoms with Gasteiger partial charge in [0.1, 0.15) is 17.1 Å². The zero-order valence-corrected chi connectivity index (χ0v) is 16.0. The number of fused-ring (bicyclic) bond motifs is 3. The summed E-state index contributed by atoms with van der Waals surface area (Å²) >= 11 is 1.42. The standard InChI is InChI=1S/C21H19N3O2S/c1-3-14-7-6-8-15(11-14)23-18(25)12-24-13(2)22-19-16-9-4-5-10-17(16)27-20(19)21(24)26/h4-11H,3,12H2,1-2H3,(H,23,25). The summed E-state index contributed by atoms with van der Waals surface area (Å²) in [4.78, 5) is 30.1. The average Bonchev–Trinajstić information content (AvgIpc) is 3.04. The van der Waals surface area contributed by atoms with Crippen LogP contribution in [0.5, 0.6) is 0 Å². The van der Waals surface area contributed by atoms with Crippen molar-refractivity contribution in [1.82, 2.24) is 9.55 Å². The van der Waals surface area contributed by atoms with Gasteiger partial charge in [0.25, 0.3) is 5.56 Å². The number of rotatable bonds is 4. The summed E-state index contributed by atoms with van der Waals surface area (Å²) in [5.41, 5.74) is 2.43. The van der Waals surface area contributed by atoms with Crippen molar-refractivity contribution in [3.8, 4) is 0 Å². The molecule has 5 nitrogen and oxygen atoms in total. The van der Waals surface area contributed by atoms with E-state index in [1.165, 1.54) is 15.9 Å². The summed E-state index contributed by atoms with van der Waals surface area (Å²) < 4.78 is 3.05. The van der Waals surface area contributed by atoms with Crippen molar-refractivity contribution in [2.45, 2.75) is 26.8 Å². The first-order chi connectivity index (χ1) is 13.1. The highest BCUT2D eigenvalue weighted by Crippen LogP contribution is 2.30. The van der Waals surface area contributed by atoms with Crippen LogP contribution in [0.4, 0.5) is 5.69 Å². The highest BCUT2D eigenvalue weighted by molar-refractivity contribution is 7.25. The molecule has 0 aliphatic heterocycles. The SMILES string of the molecule is CCc1cccc(NC(=O)Cn2c(C)nc3c(sc4ccccc43)c2=O)c1. The van der Waals surface area contributed by atoms with Gasteiger partial charge in [-0.05, 0) is 37.1 Å². The topological polar surface area (TPSA) is 64.0 Å². The smallest absolute Gasteiger partial charge is 0.272 e. The molecule has 6 heteroatoms. The zero-order chi connectivity index (χ0) is 19.0. The van der Waals surface area contributed by atoms with E-state index < -0.39 is 0 Å². The third kappa shape index (κ3) is 3.24. The minimum atomic E-state index is -0.240. The lowest BCUT2D eigenvalue weighted by Crippen LogP contribution is -2.29. The summed E-state index contributed by atoms with van der Waals surface area (Å²) in [5, 5.41) is 3.85. The van der Waals surface area contributed by atoms with Crippen molar-refractivity contribution in [3.05, 3.63) is 70.3 Å². The highest BCUT2D eigenvalue weighted by atomic mass is 32.1. The van der Waals surface area contributed by atoms with E-state index in [4.69, 9.17) is 0 Å². The lowest BCUT2D eigenvalue weighted by atomic mass is 10.1. The van der Waals surface area contributed by atoms with Crippen molar-refractivity contribution in [2.75, 3.05) is 5.32 Å². The molecule has 0 unspecified atom stereocenters. The maximum absolute atomic E-state index is 13.0. The summed E-state index contributed by atoms with van der Waals surface area (Å²) in [7, 11) is 0. The minimum Gasteiger partial charge on any atom is -0.325 e. The first-order valence-corrected chi connectivity index (χ1v) is 9.66. The van der Waals surface area contributed by atoms with Crippen molar-refractivity contribution in [2.24, 2.45) is 0 Å². The predicted molar refractivity (Wildman–Crippen MR) is 111 cm³/mol. The fraction of sp³-hybridized carbons (Fsp3) is 0.190. The molecule has 4 aromatic rings. The quantitative estimate of drug-likeness (QED) is 0.582. The Bertz CT molecular complexity index is 1220. The fourth-order valence-corrected chi connectivity index (χ4v) is 4.27. The van der Waals surface area contributed by atoms with Crippen LogP contribution in [0.15, 0.2) is 53.3 Å². The van der Waals surface area contributed by atoms with E-state index in [1.807, 2.05) is 48.5 Å². The number of thiophene rings is 1. The molecule has 27 heavy (non-hydrogen) atoms. The molecule has 0 radical (unpaired) electrons. The van der Waals surface area contributed by atoms with E-state index in [0.29, 0.717) is 16.0 Å². The van der Waals surface area contributed by atoms with Crippen LogP contribution >= 0.6 is 11.3 Å². The van der Waals surface area contributed by atoms with Crippen molar-refractivity contribution < 1.29 is 4.79 Å². The van der Waals surface area contributed by atoms with Gasteiger partial charge >= 0.3 is 0 Å². The number of nitrogens with one attached hydrogen (secondary N) is 1. The van der Waals surface area contributed by atoms with E-state index in [9.17, 15) is 9.59 Å². The van der Waals surface area contributed by atoms with Gasteiger partial charge in [-0.2, -0.15) is 0 Å². The van der Waals surface area contributed by atoms with Crippen molar-refractivity contribution in [1.29, 1.82) is 0 Å². The number of hydrogen-bond acceptors (Lipinski definition) is 4. The molecule has 1 amide bonds. The highest BCUT2D eigenvalue weighted by Gasteiger charge is 2.15. The Labute approximate surface area is 160 Å². The molecule has 4 rings (SSSR count). The molecule has 0 fully saturated rings. The minimum absolute atomic E-state index is 0.0573. The van der Waals surface area contributed by atoms with Gasteiger partial charge in [0.15, 0.2) is 0 Å². The number of benzene rings is 2. The number of carbonyl (C=O) groups is 1. The number of aryl methyl sites for hydroxylation is 2. The fourth-order valence-electron chi connectivity index (χ4n) is 3.18. The molecule has 136 valence electrons. The van der Waals surface area contributed by atoms with Crippen LogP contribution in [-0.2, 0) is 17.8 Å². The van der Waals surface area contributed by atoms with Gasteiger partial charge < -0.3 is 5.32 Å². The van der Waals surface area contributed by atoms with Crippen LogP contribution in [0.25, 0.3) is 20.3 Å². The molecule has 1 N–H and O–H groups in total. The molecule has 2 aromatic carbocycles. The molecular formula is C21H19N3O2S. The maximum Gasteiger partial charge on any atom is 0.272 e. The van der Waals surface area contributed by atoms with Gasteiger partial charge in [-0.1, -0.05) is 37.3 Å². The monoisotopic (exact) mass is 377 g/mol. The van der Waals surface area contributed by atoms with E-state index >= 15 is 0 Å². The van der Waals surface area contributed by atoms with E-state index in [-0.39, 0.29) is 18.0 Å². The average molecular weight is 377 g/mol. The van der Waals surface area contributed by atoms with Crippen LogP contribution in [0.1, 0.15) is 18.3 Å². The lowest BCUT2D eigenvalue weighted by molar-refractivity contribution is -0.116. The third-order valence-corrected chi connectivity index (χ3v) is 5.74. The number of nitrogens with zero attached hydrogens (tertiary/aromatic N) is 2. The molecule has 0 aliphatic rings. The van der Waals surface area contributed by atoms with Crippen LogP contribution in [0.3, 0.4) is 0 Å². The molecule has 0 spiro atoms. The van der Waals surface area contributed by atoms with E-state index in [2.05, 4.69) is 17.2 Å². The second kappa shape index (κ2) is 6.96. The number of amides is 1. The Hall–Kier alpha value is -2.99. The summed E-state index contributed by atoms with van der Waals surface area (Å²) in [6, 6.07) is 15.6. The molecule has 0 bridgehead atoms. The Morgan fingerprint density at radius 2 is 2.00 bits per heavy atom. The van der Waals surface area contributed by atoms with Crippen molar-refractivity contribution >= 4 is 43.2 Å². The summed E-state index contributed by atoms with van der Waals surface area (Å²) in [6.07, 6.45) is 0.898. The third-order valence-electron chi connectivity index (χ3n) is 4.59. The lowest BCUT2D eigenvalue weighted by Gasteiger charge is -2.10. The second-order valence-corrected chi connectivity index (χ2v) is 7.48. The molecule has 2 heterocycles. The van der Waals surface area contributed by atoms with Gasteiger partial charge in [0.2, 0.25) is 5.91 Å². The Balaban J connectivity index is 1.68. The first kappa shape index (κ1) is 17.4. The predicted octanol–water partition coefficient (Wildman–Crippen LogP) is 4.12. The maximum atomic E-state index is 13.0. The van der Waals surface area contributed by atoms with Crippen LogP contribution in [0.2, 0.25) is 0 Å². The molecule has 0 saturated heterocycles. The van der Waals surface area contributed by atoms with Gasteiger partial charge in [-0.3, -0.25) is 14.2 Å². The zero-order valence-electron chi connectivity index (χ0n) is 15.2. The first-order valence-electron chi connectivity index (χ1n) is 8.84. The van der Waals surface area contributed by atoms with Gasteiger partial charge in [0.05, 0.1) is 5.52 Å².